The van der Waals surface area contributed by atoms with Crippen LogP contribution in [0.3, 0.4) is 0 Å². The quantitative estimate of drug-likeness (QED) is 0.798. The molecular weight excluding hydrogens is 342 g/mol. The van der Waals surface area contributed by atoms with Gasteiger partial charge >= 0.3 is 0 Å². The number of halogens is 2. The molecule has 110 valence electrons. The second kappa shape index (κ2) is 6.35. The number of alkyl halides is 1. The molecule has 0 bridgehead atoms. The van der Waals surface area contributed by atoms with E-state index in [0.717, 1.165) is 25.7 Å². The number of aromatic hydroxyl groups is 1. The van der Waals surface area contributed by atoms with E-state index in [4.69, 9.17) is 11.6 Å². The van der Waals surface area contributed by atoms with Crippen LogP contribution < -0.4 is 5.32 Å². The number of phenols is 1. The Labute approximate surface area is 132 Å². The largest absolute Gasteiger partial charge is 0.507 e. The van der Waals surface area contributed by atoms with Gasteiger partial charge in [-0.15, -0.1) is 11.6 Å². The van der Waals surface area contributed by atoms with Crippen molar-refractivity contribution in [2.24, 2.45) is 5.92 Å². The maximum atomic E-state index is 12.3. The third-order valence-corrected chi connectivity index (χ3v) is 5.26. The first-order valence-electron chi connectivity index (χ1n) is 6.83. The molecular formula is C15H19BrClNO2. The number of carbonyl (C=O) groups excluding carboxylic acids is 1. The van der Waals surface area contributed by atoms with Gasteiger partial charge in [0.1, 0.15) is 5.75 Å². The maximum Gasteiger partial charge on any atom is 0.251 e. The van der Waals surface area contributed by atoms with Gasteiger partial charge < -0.3 is 10.4 Å². The first-order valence-corrected chi connectivity index (χ1v) is 8.15. The summed E-state index contributed by atoms with van der Waals surface area (Å²) in [7, 11) is 0. The highest BCUT2D eigenvalue weighted by molar-refractivity contribution is 9.10. The van der Waals surface area contributed by atoms with Crippen LogP contribution in [0.2, 0.25) is 0 Å². The van der Waals surface area contributed by atoms with Crippen molar-refractivity contribution in [3.05, 3.63) is 28.2 Å². The molecule has 1 fully saturated rings. The van der Waals surface area contributed by atoms with Gasteiger partial charge in [0.25, 0.3) is 5.91 Å². The van der Waals surface area contributed by atoms with E-state index in [1.165, 1.54) is 6.07 Å². The summed E-state index contributed by atoms with van der Waals surface area (Å²) in [6.07, 6.45) is 3.98. The Bertz CT molecular complexity index is 499. The highest BCUT2D eigenvalue weighted by atomic mass is 79.9. The van der Waals surface area contributed by atoms with E-state index in [1.807, 2.05) is 0 Å². The van der Waals surface area contributed by atoms with E-state index in [2.05, 4.69) is 28.2 Å². The zero-order chi connectivity index (χ0) is 14.8. The monoisotopic (exact) mass is 359 g/mol. The molecule has 2 N–H and O–H groups in total. The molecule has 1 saturated carbocycles. The Balaban J connectivity index is 2.11. The average Bonchev–Trinajstić information content (AvgIpc) is 2.44. The molecule has 1 aliphatic carbocycles. The molecule has 0 aliphatic heterocycles. The topological polar surface area (TPSA) is 49.3 Å². The van der Waals surface area contributed by atoms with Gasteiger partial charge in [-0.05, 0) is 65.7 Å². The zero-order valence-electron chi connectivity index (χ0n) is 11.5. The van der Waals surface area contributed by atoms with Crippen LogP contribution in [-0.4, -0.2) is 22.4 Å². The van der Waals surface area contributed by atoms with Crippen molar-refractivity contribution in [2.75, 3.05) is 5.88 Å². The van der Waals surface area contributed by atoms with Crippen LogP contribution in [0.5, 0.6) is 5.75 Å². The van der Waals surface area contributed by atoms with Gasteiger partial charge in [-0.25, -0.2) is 0 Å². The molecule has 5 heteroatoms. The number of carbonyl (C=O) groups is 1. The van der Waals surface area contributed by atoms with Gasteiger partial charge in [0.2, 0.25) is 0 Å². The number of benzene rings is 1. The second-order valence-electron chi connectivity index (χ2n) is 5.72. The maximum absolute atomic E-state index is 12.3. The van der Waals surface area contributed by atoms with Crippen molar-refractivity contribution in [3.8, 4) is 5.75 Å². The van der Waals surface area contributed by atoms with Crippen LogP contribution in [0.25, 0.3) is 0 Å². The predicted octanol–water partition coefficient (Wildman–Crippen LogP) is 4.07. The minimum atomic E-state index is -0.312. The van der Waals surface area contributed by atoms with E-state index >= 15 is 0 Å². The van der Waals surface area contributed by atoms with Crippen LogP contribution in [0.15, 0.2) is 22.7 Å². The van der Waals surface area contributed by atoms with Crippen molar-refractivity contribution in [3.63, 3.8) is 0 Å². The zero-order valence-corrected chi connectivity index (χ0v) is 13.8. The van der Waals surface area contributed by atoms with E-state index in [-0.39, 0.29) is 17.2 Å². The Morgan fingerprint density at radius 1 is 1.50 bits per heavy atom. The summed E-state index contributed by atoms with van der Waals surface area (Å²) in [6, 6.07) is 4.82. The molecule has 0 saturated heterocycles. The van der Waals surface area contributed by atoms with Crippen LogP contribution in [0.4, 0.5) is 0 Å². The number of amides is 1. The lowest BCUT2D eigenvalue weighted by atomic mass is 9.78. The molecule has 0 radical (unpaired) electrons. The van der Waals surface area contributed by atoms with Gasteiger partial charge in [-0.3, -0.25) is 4.79 Å². The third-order valence-electron chi connectivity index (χ3n) is 4.07. The molecule has 0 unspecified atom stereocenters. The van der Waals surface area contributed by atoms with Crippen LogP contribution in [0.1, 0.15) is 43.0 Å². The summed E-state index contributed by atoms with van der Waals surface area (Å²) in [4.78, 5) is 12.3. The smallest absolute Gasteiger partial charge is 0.251 e. The normalized spacial score (nSPS) is 26.2. The van der Waals surface area contributed by atoms with Gasteiger partial charge in [-0.1, -0.05) is 6.92 Å². The molecule has 0 heterocycles. The fourth-order valence-electron chi connectivity index (χ4n) is 2.57. The highest BCUT2D eigenvalue weighted by Crippen LogP contribution is 2.33. The number of hydrogen-bond acceptors (Lipinski definition) is 2. The van der Waals surface area contributed by atoms with Crippen molar-refractivity contribution in [2.45, 2.75) is 38.1 Å². The molecule has 1 aromatic carbocycles. The molecule has 1 aliphatic rings. The highest BCUT2D eigenvalue weighted by Gasteiger charge is 2.35. The summed E-state index contributed by atoms with van der Waals surface area (Å²) >= 11 is 9.31. The van der Waals surface area contributed by atoms with Gasteiger partial charge in [-0.2, -0.15) is 0 Å². The van der Waals surface area contributed by atoms with Crippen LogP contribution >= 0.6 is 27.5 Å². The lowest BCUT2D eigenvalue weighted by Gasteiger charge is -2.38. The fraction of sp³-hybridized carbons (Fsp3) is 0.533. The Morgan fingerprint density at radius 3 is 2.70 bits per heavy atom. The van der Waals surface area contributed by atoms with Gasteiger partial charge in [0.05, 0.1) is 10.0 Å². The fourth-order valence-corrected chi connectivity index (χ4v) is 3.15. The first kappa shape index (κ1) is 15.6. The van der Waals surface area contributed by atoms with E-state index < -0.39 is 0 Å². The lowest BCUT2D eigenvalue weighted by molar-refractivity contribution is 0.0872. The Kier molecular flexibility index (Phi) is 4.97. The molecule has 2 rings (SSSR count). The van der Waals surface area contributed by atoms with E-state index in [1.54, 1.807) is 12.1 Å². The molecule has 0 atom stereocenters. The Hall–Kier alpha value is -0.740. The summed E-state index contributed by atoms with van der Waals surface area (Å²) in [5.74, 6) is 1.01. The standard InChI is InChI=1S/C15H19BrClNO2/c1-10-4-6-15(9-17,7-5-10)18-14(20)11-2-3-12(16)13(19)8-11/h2-3,8,10,19H,4-7,9H2,1H3,(H,18,20). The predicted molar refractivity (Wildman–Crippen MR) is 84.4 cm³/mol. The Morgan fingerprint density at radius 2 is 2.15 bits per heavy atom. The van der Waals surface area contributed by atoms with Gasteiger partial charge in [0.15, 0.2) is 0 Å². The molecule has 3 nitrogen and oxygen atoms in total. The summed E-state index contributed by atoms with van der Waals surface area (Å²) in [5.41, 5.74) is 0.141. The molecule has 1 amide bonds. The number of hydrogen-bond donors (Lipinski definition) is 2. The van der Waals surface area contributed by atoms with Crippen molar-refractivity contribution < 1.29 is 9.90 Å². The SMILES string of the molecule is CC1CCC(CCl)(NC(=O)c2ccc(Br)c(O)c2)CC1. The van der Waals surface area contributed by atoms with E-state index in [0.29, 0.717) is 21.8 Å². The van der Waals surface area contributed by atoms with Gasteiger partial charge in [0, 0.05) is 11.4 Å². The van der Waals surface area contributed by atoms with Crippen molar-refractivity contribution in [1.29, 1.82) is 0 Å². The minimum absolute atomic E-state index is 0.0647. The summed E-state index contributed by atoms with van der Waals surface area (Å²) in [6.45, 7) is 2.23. The summed E-state index contributed by atoms with van der Waals surface area (Å²) in [5, 5.41) is 12.7. The molecule has 0 aromatic heterocycles. The second-order valence-corrected chi connectivity index (χ2v) is 6.84. The van der Waals surface area contributed by atoms with Crippen LogP contribution in [0, 0.1) is 5.92 Å². The number of nitrogens with one attached hydrogen (secondary N) is 1. The first-order chi connectivity index (χ1) is 9.46. The van der Waals surface area contributed by atoms with Crippen molar-refractivity contribution >= 4 is 33.4 Å². The lowest BCUT2D eigenvalue weighted by Crippen LogP contribution is -2.52. The summed E-state index contributed by atoms with van der Waals surface area (Å²) < 4.78 is 0.576. The van der Waals surface area contributed by atoms with Crippen LogP contribution in [-0.2, 0) is 0 Å². The number of rotatable bonds is 3. The van der Waals surface area contributed by atoms with Crippen molar-refractivity contribution in [1.82, 2.24) is 5.32 Å². The third kappa shape index (κ3) is 3.47. The molecule has 20 heavy (non-hydrogen) atoms. The minimum Gasteiger partial charge on any atom is -0.507 e. The molecule has 1 aromatic rings. The average molecular weight is 361 g/mol. The number of phenolic OH excluding ortho intramolecular Hbond substituents is 1. The molecule has 0 spiro atoms. The van der Waals surface area contributed by atoms with E-state index in [9.17, 15) is 9.90 Å².